The van der Waals surface area contributed by atoms with E-state index in [1.807, 2.05) is 6.92 Å². The number of hydrogen-bond donors (Lipinski definition) is 1. The van der Waals surface area contributed by atoms with Gasteiger partial charge in [-0.25, -0.2) is 4.79 Å². The van der Waals surface area contributed by atoms with Gasteiger partial charge in [-0.1, -0.05) is 0 Å². The van der Waals surface area contributed by atoms with Crippen molar-refractivity contribution in [2.24, 2.45) is 5.92 Å². The fourth-order valence-corrected chi connectivity index (χ4v) is 4.59. The van der Waals surface area contributed by atoms with Crippen LogP contribution in [0.4, 0.5) is 5.00 Å². The molecule has 0 unspecified atom stereocenters. The number of carbonyl (C=O) groups is 1. The molecule has 1 saturated carbocycles. The minimum absolute atomic E-state index is 0.453. The molecule has 1 heterocycles. The van der Waals surface area contributed by atoms with Gasteiger partial charge in [-0.15, -0.1) is 11.3 Å². The van der Waals surface area contributed by atoms with E-state index in [1.165, 1.54) is 25.7 Å². The first-order valence-corrected chi connectivity index (χ1v) is 9.04. The van der Waals surface area contributed by atoms with Crippen LogP contribution in [-0.4, -0.2) is 49.2 Å². The van der Waals surface area contributed by atoms with Crippen molar-refractivity contribution in [1.29, 1.82) is 0 Å². The number of carboxylic acids is 1. The fourth-order valence-electron chi connectivity index (χ4n) is 3.44. The Labute approximate surface area is 137 Å². The number of carboxylic acid groups (broad SMARTS) is 1. The van der Waals surface area contributed by atoms with Crippen molar-refractivity contribution in [1.82, 2.24) is 4.90 Å². The first-order chi connectivity index (χ1) is 10.4. The van der Waals surface area contributed by atoms with Crippen molar-refractivity contribution in [3.63, 3.8) is 0 Å². The number of aromatic carboxylic acids is 1. The van der Waals surface area contributed by atoms with Crippen LogP contribution in [0.2, 0.25) is 0 Å². The monoisotopic (exact) mass is 324 g/mol. The highest BCUT2D eigenvalue weighted by atomic mass is 32.1. The molecular weight excluding hydrogens is 296 g/mol. The largest absolute Gasteiger partial charge is 0.478 e. The molecule has 0 atom stereocenters. The Bertz CT molecular complexity index is 505. The summed E-state index contributed by atoms with van der Waals surface area (Å²) in [4.78, 5) is 15.9. The second-order valence-corrected chi connectivity index (χ2v) is 7.42. The van der Waals surface area contributed by atoms with E-state index < -0.39 is 5.97 Å². The minimum Gasteiger partial charge on any atom is -0.478 e. The summed E-state index contributed by atoms with van der Waals surface area (Å²) < 4.78 is 0. The van der Waals surface area contributed by atoms with Gasteiger partial charge in [0.05, 0.1) is 10.6 Å². The molecule has 0 radical (unpaired) electrons. The van der Waals surface area contributed by atoms with Crippen LogP contribution in [0.3, 0.4) is 0 Å². The van der Waals surface area contributed by atoms with Gasteiger partial charge in [0.25, 0.3) is 0 Å². The van der Waals surface area contributed by atoms with Gasteiger partial charge in [0.15, 0.2) is 0 Å². The van der Waals surface area contributed by atoms with E-state index in [9.17, 15) is 9.90 Å². The van der Waals surface area contributed by atoms with Gasteiger partial charge in [0.1, 0.15) is 0 Å². The summed E-state index contributed by atoms with van der Waals surface area (Å²) in [6.45, 7) is 6.08. The molecule has 0 saturated heterocycles. The molecule has 5 heteroatoms. The molecule has 1 aromatic rings. The summed E-state index contributed by atoms with van der Waals surface area (Å²) in [5, 5.41) is 12.1. The van der Waals surface area contributed by atoms with Crippen LogP contribution in [0.5, 0.6) is 0 Å². The zero-order chi connectivity index (χ0) is 16.3. The highest BCUT2D eigenvalue weighted by Crippen LogP contribution is 2.34. The van der Waals surface area contributed by atoms with Crippen LogP contribution in [0, 0.1) is 12.8 Å². The predicted octanol–water partition coefficient (Wildman–Crippen LogP) is 3.70. The summed E-state index contributed by atoms with van der Waals surface area (Å²) in [5.41, 5.74) is 1.37. The van der Waals surface area contributed by atoms with Gasteiger partial charge < -0.3 is 14.9 Å². The standard InChI is InChI=1S/C17H28N2O2S/c1-5-19(16-12(2)15(11-22-16)17(20)21)10-13-6-8-14(9-7-13)18(3)4/h11,13-14H,5-10H2,1-4H3,(H,20,21). The zero-order valence-electron chi connectivity index (χ0n) is 14.1. The number of thiophene rings is 1. The minimum atomic E-state index is -0.817. The number of rotatable bonds is 6. The van der Waals surface area contributed by atoms with E-state index in [0.29, 0.717) is 5.56 Å². The summed E-state index contributed by atoms with van der Waals surface area (Å²) >= 11 is 1.57. The lowest BCUT2D eigenvalue weighted by atomic mass is 9.85. The second-order valence-electron chi connectivity index (χ2n) is 6.56. The Balaban J connectivity index is 2.00. The molecule has 0 bridgehead atoms. The van der Waals surface area contributed by atoms with Crippen molar-refractivity contribution in [3.8, 4) is 0 Å². The van der Waals surface area contributed by atoms with E-state index in [4.69, 9.17) is 0 Å². The van der Waals surface area contributed by atoms with Crippen molar-refractivity contribution in [2.45, 2.75) is 45.6 Å². The van der Waals surface area contributed by atoms with Crippen LogP contribution < -0.4 is 4.90 Å². The second kappa shape index (κ2) is 7.47. The topological polar surface area (TPSA) is 43.8 Å². The van der Waals surface area contributed by atoms with E-state index in [1.54, 1.807) is 16.7 Å². The third-order valence-corrected chi connectivity index (χ3v) is 6.08. The molecule has 1 aliphatic carbocycles. The normalized spacial score (nSPS) is 22.0. The Morgan fingerprint density at radius 2 is 1.95 bits per heavy atom. The van der Waals surface area contributed by atoms with E-state index in [2.05, 4.69) is 30.8 Å². The van der Waals surface area contributed by atoms with Crippen LogP contribution in [0.1, 0.15) is 48.5 Å². The van der Waals surface area contributed by atoms with Crippen molar-refractivity contribution >= 4 is 22.3 Å². The van der Waals surface area contributed by atoms with Gasteiger partial charge in [-0.3, -0.25) is 0 Å². The van der Waals surface area contributed by atoms with Gasteiger partial charge in [0, 0.05) is 24.5 Å². The predicted molar refractivity (Wildman–Crippen MR) is 93.3 cm³/mol. The van der Waals surface area contributed by atoms with Crippen LogP contribution in [0.25, 0.3) is 0 Å². The lowest BCUT2D eigenvalue weighted by Crippen LogP contribution is -2.36. The van der Waals surface area contributed by atoms with E-state index in [-0.39, 0.29) is 0 Å². The molecule has 0 aliphatic heterocycles. The molecular formula is C17H28N2O2S. The lowest BCUT2D eigenvalue weighted by Gasteiger charge is -2.35. The zero-order valence-corrected chi connectivity index (χ0v) is 14.9. The third-order valence-electron chi connectivity index (χ3n) is 4.94. The van der Waals surface area contributed by atoms with Crippen LogP contribution in [0.15, 0.2) is 5.38 Å². The highest BCUT2D eigenvalue weighted by Gasteiger charge is 2.25. The summed E-state index contributed by atoms with van der Waals surface area (Å²) in [7, 11) is 4.34. The molecule has 0 aromatic carbocycles. The highest BCUT2D eigenvalue weighted by molar-refractivity contribution is 7.14. The Morgan fingerprint density at radius 3 is 2.41 bits per heavy atom. The van der Waals surface area contributed by atoms with Crippen molar-refractivity contribution < 1.29 is 9.90 Å². The smallest absolute Gasteiger partial charge is 0.336 e. The third kappa shape index (κ3) is 3.82. The Hall–Kier alpha value is -1.07. The summed E-state index contributed by atoms with van der Waals surface area (Å²) in [6, 6.07) is 0.730. The molecule has 1 N–H and O–H groups in total. The average Bonchev–Trinajstić information content (AvgIpc) is 2.87. The SMILES string of the molecule is CCN(CC1CCC(N(C)C)CC1)c1scc(C(=O)O)c1C. The molecule has 22 heavy (non-hydrogen) atoms. The van der Waals surface area contributed by atoms with Gasteiger partial charge in [-0.05, 0) is 65.1 Å². The summed E-state index contributed by atoms with van der Waals surface area (Å²) in [6.07, 6.45) is 5.10. The number of nitrogens with zero attached hydrogens (tertiary/aromatic N) is 2. The first-order valence-electron chi connectivity index (χ1n) is 8.16. The maximum atomic E-state index is 11.2. The van der Waals surface area contributed by atoms with Gasteiger partial charge in [0.2, 0.25) is 0 Å². The first kappa shape index (κ1) is 17.3. The van der Waals surface area contributed by atoms with E-state index >= 15 is 0 Å². The lowest BCUT2D eigenvalue weighted by molar-refractivity contribution is 0.0697. The van der Waals surface area contributed by atoms with Crippen LogP contribution >= 0.6 is 11.3 Å². The maximum Gasteiger partial charge on any atom is 0.336 e. The number of anilines is 1. The average molecular weight is 324 g/mol. The molecule has 4 nitrogen and oxygen atoms in total. The maximum absolute atomic E-state index is 11.2. The van der Waals surface area contributed by atoms with E-state index in [0.717, 1.165) is 35.6 Å². The van der Waals surface area contributed by atoms with Gasteiger partial charge >= 0.3 is 5.97 Å². The Kier molecular flexibility index (Phi) is 5.87. The molecule has 124 valence electrons. The molecule has 1 aliphatic rings. The summed E-state index contributed by atoms with van der Waals surface area (Å²) in [5.74, 6) is -0.0894. The van der Waals surface area contributed by atoms with Crippen LogP contribution in [-0.2, 0) is 0 Å². The number of hydrogen-bond acceptors (Lipinski definition) is 4. The molecule has 2 rings (SSSR count). The quantitative estimate of drug-likeness (QED) is 0.866. The Morgan fingerprint density at radius 1 is 1.32 bits per heavy atom. The molecule has 0 spiro atoms. The molecule has 0 amide bonds. The van der Waals surface area contributed by atoms with Gasteiger partial charge in [-0.2, -0.15) is 0 Å². The fraction of sp³-hybridized carbons (Fsp3) is 0.706. The van der Waals surface area contributed by atoms with Crippen molar-refractivity contribution in [2.75, 3.05) is 32.1 Å². The molecule has 1 aromatic heterocycles. The van der Waals surface area contributed by atoms with Crippen molar-refractivity contribution in [3.05, 3.63) is 16.5 Å². The molecule has 1 fully saturated rings.